The van der Waals surface area contributed by atoms with Crippen LogP contribution >= 0.6 is 0 Å². The summed E-state index contributed by atoms with van der Waals surface area (Å²) in [5, 5.41) is 26.1. The van der Waals surface area contributed by atoms with Crippen molar-refractivity contribution >= 4 is 11.7 Å². The lowest BCUT2D eigenvalue weighted by atomic mass is 10.0. The van der Waals surface area contributed by atoms with Crippen molar-refractivity contribution in [1.29, 1.82) is 0 Å². The third-order valence-electron chi connectivity index (χ3n) is 5.40. The first-order chi connectivity index (χ1) is 15.9. The quantitative estimate of drug-likeness (QED) is 0.307. The lowest BCUT2D eigenvalue weighted by Crippen LogP contribution is -2.32. The minimum Gasteiger partial charge on any atom is -0.508 e. The molecular formula is C26H32N4O3. The number of benzene rings is 2. The van der Waals surface area contributed by atoms with Gasteiger partial charge in [0.2, 0.25) is 5.91 Å². The number of aliphatic hydroxyl groups is 1. The van der Waals surface area contributed by atoms with Gasteiger partial charge in [0.1, 0.15) is 11.6 Å². The monoisotopic (exact) mass is 448 g/mol. The Labute approximate surface area is 194 Å². The number of aromatic hydroxyl groups is 1. The number of amides is 1. The molecule has 0 bridgehead atoms. The van der Waals surface area contributed by atoms with Crippen LogP contribution in [0.25, 0.3) is 0 Å². The fourth-order valence-electron chi connectivity index (χ4n) is 3.64. The minimum absolute atomic E-state index is 0.0290. The number of anilines is 1. The summed E-state index contributed by atoms with van der Waals surface area (Å²) in [6.07, 6.45) is 2.69. The first-order valence-electron chi connectivity index (χ1n) is 11.1. The highest BCUT2D eigenvalue weighted by atomic mass is 16.3. The van der Waals surface area contributed by atoms with E-state index in [1.165, 1.54) is 0 Å². The van der Waals surface area contributed by atoms with Crippen molar-refractivity contribution in [2.75, 3.05) is 18.8 Å². The molecule has 1 heterocycles. The summed E-state index contributed by atoms with van der Waals surface area (Å²) in [5.41, 5.74) is 9.38. The van der Waals surface area contributed by atoms with E-state index in [4.69, 9.17) is 5.73 Å². The molecule has 0 saturated heterocycles. The molecule has 0 aliphatic rings. The third-order valence-corrected chi connectivity index (χ3v) is 5.40. The average molecular weight is 449 g/mol. The van der Waals surface area contributed by atoms with Gasteiger partial charge in [-0.1, -0.05) is 42.5 Å². The van der Waals surface area contributed by atoms with Crippen molar-refractivity contribution in [1.82, 2.24) is 15.6 Å². The van der Waals surface area contributed by atoms with E-state index in [2.05, 4.69) is 22.5 Å². The van der Waals surface area contributed by atoms with Crippen molar-refractivity contribution in [3.8, 4) is 5.75 Å². The lowest BCUT2D eigenvalue weighted by Gasteiger charge is -2.18. The predicted molar refractivity (Wildman–Crippen MR) is 130 cm³/mol. The molecule has 7 heteroatoms. The standard InChI is InChI=1S/C26H32N4O3/c1-18(29-17-24(32)22-8-9-25(27)30-16-22)12-20-5-2-6-21(13-20)15-26(33)28-11-10-19-4-3-7-23(31)14-19/h2-9,13-14,16,18,24,29,31-32H,10-12,15,17H2,1H3,(H2,27,30)(H,28,33)/t18-,24+/m1/s1. The molecule has 2 atom stereocenters. The van der Waals surface area contributed by atoms with Crippen molar-refractivity contribution < 1.29 is 15.0 Å². The Morgan fingerprint density at radius 1 is 1.06 bits per heavy atom. The van der Waals surface area contributed by atoms with E-state index >= 15 is 0 Å². The van der Waals surface area contributed by atoms with Gasteiger partial charge >= 0.3 is 0 Å². The molecule has 0 saturated carbocycles. The zero-order valence-corrected chi connectivity index (χ0v) is 18.9. The van der Waals surface area contributed by atoms with Crippen LogP contribution in [-0.2, 0) is 24.1 Å². The van der Waals surface area contributed by atoms with Crippen molar-refractivity contribution in [2.45, 2.75) is 38.3 Å². The molecule has 0 aliphatic heterocycles. The summed E-state index contributed by atoms with van der Waals surface area (Å²) in [6, 6.07) is 18.7. The number of aliphatic hydroxyl groups excluding tert-OH is 1. The Morgan fingerprint density at radius 3 is 2.58 bits per heavy atom. The normalized spacial score (nSPS) is 12.8. The summed E-state index contributed by atoms with van der Waals surface area (Å²) in [4.78, 5) is 16.3. The van der Waals surface area contributed by atoms with Gasteiger partial charge in [0.05, 0.1) is 12.5 Å². The van der Waals surface area contributed by atoms with Crippen LogP contribution in [0.2, 0.25) is 0 Å². The van der Waals surface area contributed by atoms with E-state index in [1.807, 2.05) is 30.3 Å². The van der Waals surface area contributed by atoms with Crippen LogP contribution in [0.15, 0.2) is 66.9 Å². The highest BCUT2D eigenvalue weighted by Gasteiger charge is 2.11. The maximum absolute atomic E-state index is 12.3. The van der Waals surface area contributed by atoms with Crippen LogP contribution in [-0.4, -0.2) is 40.2 Å². The first-order valence-corrected chi connectivity index (χ1v) is 11.1. The molecule has 0 spiro atoms. The first kappa shape index (κ1) is 24.2. The molecule has 2 aromatic carbocycles. The van der Waals surface area contributed by atoms with Gasteiger partial charge in [0, 0.05) is 30.9 Å². The number of nitrogens with one attached hydrogen (secondary N) is 2. The number of phenols is 1. The number of phenolic OH excluding ortho intramolecular Hbond substituents is 1. The Bertz CT molecular complexity index is 1040. The third kappa shape index (κ3) is 8.21. The van der Waals surface area contributed by atoms with Crippen LogP contribution in [0.4, 0.5) is 5.82 Å². The predicted octanol–water partition coefficient (Wildman–Crippen LogP) is 2.53. The number of hydrogen-bond acceptors (Lipinski definition) is 6. The summed E-state index contributed by atoms with van der Waals surface area (Å²) in [5.74, 6) is 0.632. The Hall–Kier alpha value is -3.42. The summed E-state index contributed by atoms with van der Waals surface area (Å²) in [7, 11) is 0. The molecule has 6 N–H and O–H groups in total. The number of nitrogen functional groups attached to an aromatic ring is 1. The molecule has 0 radical (unpaired) electrons. The van der Waals surface area contributed by atoms with Crippen LogP contribution in [0, 0.1) is 0 Å². The van der Waals surface area contributed by atoms with Crippen molar-refractivity contribution in [2.24, 2.45) is 0 Å². The van der Waals surface area contributed by atoms with Crippen molar-refractivity contribution in [3.05, 3.63) is 89.1 Å². The Kier molecular flexibility index (Phi) is 8.80. The van der Waals surface area contributed by atoms with E-state index in [1.54, 1.807) is 36.5 Å². The summed E-state index contributed by atoms with van der Waals surface area (Å²) >= 11 is 0. The molecule has 3 aromatic rings. The van der Waals surface area contributed by atoms with Crippen LogP contribution < -0.4 is 16.4 Å². The number of nitrogens with two attached hydrogens (primary N) is 1. The molecule has 0 aliphatic carbocycles. The van der Waals surface area contributed by atoms with Gasteiger partial charge in [-0.3, -0.25) is 4.79 Å². The second-order valence-corrected chi connectivity index (χ2v) is 8.31. The highest BCUT2D eigenvalue weighted by molar-refractivity contribution is 5.78. The smallest absolute Gasteiger partial charge is 0.224 e. The zero-order valence-electron chi connectivity index (χ0n) is 18.9. The number of carbonyl (C=O) groups excluding carboxylic acids is 1. The number of rotatable bonds is 11. The molecule has 0 fully saturated rings. The molecule has 174 valence electrons. The molecule has 1 aromatic heterocycles. The summed E-state index contributed by atoms with van der Waals surface area (Å²) < 4.78 is 0. The van der Waals surface area contributed by atoms with E-state index < -0.39 is 6.10 Å². The number of carbonyl (C=O) groups is 1. The number of nitrogens with zero attached hydrogens (tertiary/aromatic N) is 1. The lowest BCUT2D eigenvalue weighted by molar-refractivity contribution is -0.120. The summed E-state index contributed by atoms with van der Waals surface area (Å²) in [6.45, 7) is 3.00. The van der Waals surface area contributed by atoms with Gasteiger partial charge in [-0.2, -0.15) is 0 Å². The molecule has 3 rings (SSSR count). The van der Waals surface area contributed by atoms with Gasteiger partial charge in [-0.15, -0.1) is 0 Å². The fraction of sp³-hybridized carbons (Fsp3) is 0.308. The Morgan fingerprint density at radius 2 is 1.82 bits per heavy atom. The Balaban J connectivity index is 1.42. The van der Waals surface area contributed by atoms with Crippen LogP contribution in [0.3, 0.4) is 0 Å². The van der Waals surface area contributed by atoms with Gasteiger partial charge in [0.15, 0.2) is 0 Å². The molecule has 33 heavy (non-hydrogen) atoms. The van der Waals surface area contributed by atoms with Crippen LogP contribution in [0.5, 0.6) is 5.75 Å². The fourth-order valence-corrected chi connectivity index (χ4v) is 3.64. The van der Waals surface area contributed by atoms with E-state index in [-0.39, 0.29) is 17.7 Å². The van der Waals surface area contributed by atoms with Crippen molar-refractivity contribution in [3.63, 3.8) is 0 Å². The zero-order chi connectivity index (χ0) is 23.6. The number of pyridine rings is 1. The van der Waals surface area contributed by atoms with Gasteiger partial charge in [-0.25, -0.2) is 4.98 Å². The topological polar surface area (TPSA) is 120 Å². The van der Waals surface area contributed by atoms with Gasteiger partial charge in [-0.05, 0) is 54.7 Å². The molecule has 0 unspecified atom stereocenters. The number of aromatic nitrogens is 1. The van der Waals surface area contributed by atoms with E-state index in [0.717, 1.165) is 28.7 Å². The number of hydrogen-bond donors (Lipinski definition) is 5. The SMILES string of the molecule is C[C@H](Cc1cccc(CC(=O)NCCc2cccc(O)c2)c1)NC[C@H](O)c1ccc(N)nc1. The largest absolute Gasteiger partial charge is 0.508 e. The average Bonchev–Trinajstić information content (AvgIpc) is 2.78. The highest BCUT2D eigenvalue weighted by Crippen LogP contribution is 2.14. The second-order valence-electron chi connectivity index (χ2n) is 8.31. The maximum Gasteiger partial charge on any atom is 0.224 e. The second kappa shape index (κ2) is 12.0. The maximum atomic E-state index is 12.3. The van der Waals surface area contributed by atoms with Crippen LogP contribution in [0.1, 0.15) is 35.3 Å². The minimum atomic E-state index is -0.657. The molecular weight excluding hydrogens is 416 g/mol. The molecule has 7 nitrogen and oxygen atoms in total. The van der Waals surface area contributed by atoms with Gasteiger partial charge < -0.3 is 26.6 Å². The van der Waals surface area contributed by atoms with Gasteiger partial charge in [0.25, 0.3) is 0 Å². The van der Waals surface area contributed by atoms with E-state index in [0.29, 0.717) is 31.7 Å². The van der Waals surface area contributed by atoms with E-state index in [9.17, 15) is 15.0 Å². The molecule has 1 amide bonds.